The monoisotopic (exact) mass is 1180 g/mol. The summed E-state index contributed by atoms with van der Waals surface area (Å²) in [6, 6.07) is -1.19. The third kappa shape index (κ3) is 48.0. The lowest BCUT2D eigenvalue weighted by Gasteiger charge is -2.40. The van der Waals surface area contributed by atoms with Crippen molar-refractivity contribution in [2.75, 3.05) is 13.2 Å². The van der Waals surface area contributed by atoms with E-state index < -0.39 is 74.2 Å². The normalized spacial score (nSPS) is 19.2. The van der Waals surface area contributed by atoms with E-state index in [-0.39, 0.29) is 12.8 Å². The summed E-state index contributed by atoms with van der Waals surface area (Å²) in [6.45, 7) is 3.49. The molecule has 1 saturated heterocycles. The number of hydrogen-bond acceptors (Lipinski definition) is 10. The molecule has 83 heavy (non-hydrogen) atoms. The molecule has 0 aromatic rings. The Morgan fingerprint density at radius 2 is 0.723 bits per heavy atom. The van der Waals surface area contributed by atoms with Crippen molar-refractivity contribution in [3.05, 3.63) is 36.5 Å². The minimum absolute atomic E-state index is 0.247. The molecule has 0 bridgehead atoms. The fourth-order valence-corrected chi connectivity index (χ4v) is 11.6. The molecule has 0 aromatic carbocycles. The van der Waals surface area contributed by atoms with Crippen LogP contribution in [0.4, 0.5) is 0 Å². The van der Waals surface area contributed by atoms with E-state index in [0.29, 0.717) is 19.3 Å². The first-order chi connectivity index (χ1) is 40.7. The van der Waals surface area contributed by atoms with Gasteiger partial charge < -0.3 is 50.5 Å². The van der Waals surface area contributed by atoms with Crippen LogP contribution in [-0.4, -0.2) is 110 Å². The van der Waals surface area contributed by atoms with Crippen molar-refractivity contribution in [3.63, 3.8) is 0 Å². The maximum atomic E-state index is 13.3. The predicted octanol–water partition coefficient (Wildman–Crippen LogP) is 17.4. The summed E-state index contributed by atoms with van der Waals surface area (Å²) in [5, 5.41) is 76.5. The van der Waals surface area contributed by atoms with Gasteiger partial charge in [0.25, 0.3) is 0 Å². The molecule has 9 atom stereocenters. The lowest BCUT2D eigenvalue weighted by Crippen LogP contribution is -2.60. The number of nitrogens with one attached hydrogen (secondary N) is 1. The maximum absolute atomic E-state index is 13.3. The second-order valence-corrected chi connectivity index (χ2v) is 25.3. The maximum Gasteiger partial charge on any atom is 0.249 e. The fraction of sp³-hybridized carbons (Fsp3) is 0.903. The number of aliphatic hydroxyl groups excluding tert-OH is 7. The van der Waals surface area contributed by atoms with Crippen molar-refractivity contribution < 1.29 is 50.0 Å². The molecule has 490 valence electrons. The highest BCUT2D eigenvalue weighted by molar-refractivity contribution is 5.80. The van der Waals surface area contributed by atoms with Crippen LogP contribution in [0.1, 0.15) is 348 Å². The van der Waals surface area contributed by atoms with E-state index >= 15 is 0 Å². The van der Waals surface area contributed by atoms with E-state index in [1.807, 2.05) is 0 Å². The molecule has 0 aliphatic carbocycles. The van der Waals surface area contributed by atoms with Crippen molar-refractivity contribution in [2.24, 2.45) is 0 Å². The summed E-state index contributed by atoms with van der Waals surface area (Å²) in [5.41, 5.74) is 0. The van der Waals surface area contributed by atoms with Gasteiger partial charge in [-0.05, 0) is 77.0 Å². The van der Waals surface area contributed by atoms with Crippen LogP contribution in [0, 0.1) is 0 Å². The summed E-state index contributed by atoms with van der Waals surface area (Å²) in [6.07, 6.45) is 66.6. The molecule has 1 rings (SSSR count). The Labute approximate surface area is 511 Å². The van der Waals surface area contributed by atoms with E-state index in [1.165, 1.54) is 263 Å². The number of aliphatic hydroxyl groups is 7. The van der Waals surface area contributed by atoms with E-state index in [0.717, 1.165) is 38.5 Å². The topological polar surface area (TPSA) is 189 Å². The van der Waals surface area contributed by atoms with Crippen molar-refractivity contribution >= 4 is 5.91 Å². The molecule has 1 fully saturated rings. The zero-order valence-corrected chi connectivity index (χ0v) is 54.2. The van der Waals surface area contributed by atoms with Gasteiger partial charge in [-0.25, -0.2) is 0 Å². The van der Waals surface area contributed by atoms with Gasteiger partial charge in [0.15, 0.2) is 6.29 Å². The minimum Gasteiger partial charge on any atom is -0.394 e. The van der Waals surface area contributed by atoms with Crippen molar-refractivity contribution in [3.8, 4) is 0 Å². The summed E-state index contributed by atoms with van der Waals surface area (Å²) < 4.78 is 11.2. The van der Waals surface area contributed by atoms with Crippen LogP contribution in [0.15, 0.2) is 36.5 Å². The largest absolute Gasteiger partial charge is 0.394 e. The number of allylic oxidation sites excluding steroid dienone is 6. The highest BCUT2D eigenvalue weighted by Gasteiger charge is 2.44. The predicted molar refractivity (Wildman–Crippen MR) is 349 cm³/mol. The molecule has 0 radical (unpaired) electrons. The van der Waals surface area contributed by atoms with Crippen LogP contribution in [-0.2, 0) is 14.3 Å². The van der Waals surface area contributed by atoms with Crippen LogP contribution >= 0.6 is 0 Å². The number of carbonyl (C=O) groups excluding carboxylic acids is 1. The third-order valence-electron chi connectivity index (χ3n) is 17.4. The molecule has 9 unspecified atom stereocenters. The van der Waals surface area contributed by atoms with Crippen molar-refractivity contribution in [2.45, 2.75) is 403 Å². The Hall–Kier alpha value is -1.67. The molecule has 1 heterocycles. The Bertz CT molecular complexity index is 1440. The zero-order chi connectivity index (χ0) is 60.3. The van der Waals surface area contributed by atoms with Gasteiger partial charge in [0.05, 0.1) is 25.4 Å². The fourth-order valence-electron chi connectivity index (χ4n) is 11.6. The Kier molecular flexibility index (Phi) is 57.9. The Balaban J connectivity index is 2.22. The van der Waals surface area contributed by atoms with Crippen molar-refractivity contribution in [1.29, 1.82) is 0 Å². The molecule has 11 nitrogen and oxygen atoms in total. The van der Waals surface area contributed by atoms with E-state index in [4.69, 9.17) is 9.47 Å². The second kappa shape index (κ2) is 60.6. The minimum atomic E-state index is -1.67. The SMILES string of the molecule is CCCCCCCCCCCCCC/C=C\CCCCCCCCCCCCCCC(O)C(=O)NC(COC1OC(CO)C(O)C(O)C1O)C(O)C(O)CCC/C=C/CC/C=C/CCCCCCCCCCCCCCCCCCCCC. The first-order valence-electron chi connectivity index (χ1n) is 35.9. The molecule has 1 aliphatic rings. The highest BCUT2D eigenvalue weighted by Crippen LogP contribution is 2.24. The van der Waals surface area contributed by atoms with Crippen molar-refractivity contribution in [1.82, 2.24) is 5.32 Å². The highest BCUT2D eigenvalue weighted by atomic mass is 16.7. The van der Waals surface area contributed by atoms with E-state index in [9.17, 15) is 40.5 Å². The Morgan fingerprint density at radius 1 is 0.410 bits per heavy atom. The molecule has 0 spiro atoms. The lowest BCUT2D eigenvalue weighted by atomic mass is 9.98. The molecular formula is C72H137NO10. The smallest absolute Gasteiger partial charge is 0.249 e. The van der Waals surface area contributed by atoms with Gasteiger partial charge in [-0.3, -0.25) is 4.79 Å². The van der Waals surface area contributed by atoms with Gasteiger partial charge in [0.2, 0.25) is 5.91 Å². The zero-order valence-electron chi connectivity index (χ0n) is 54.2. The molecule has 11 heteroatoms. The average molecular weight is 1180 g/mol. The number of rotatable bonds is 63. The van der Waals surface area contributed by atoms with Gasteiger partial charge in [-0.2, -0.15) is 0 Å². The summed E-state index contributed by atoms with van der Waals surface area (Å²) >= 11 is 0. The van der Waals surface area contributed by atoms with E-state index in [2.05, 4.69) is 55.6 Å². The van der Waals surface area contributed by atoms with Gasteiger partial charge in [0.1, 0.15) is 36.6 Å². The summed E-state index contributed by atoms with van der Waals surface area (Å²) in [7, 11) is 0. The average Bonchev–Trinajstić information content (AvgIpc) is 3.68. The molecule has 0 aromatic heterocycles. The summed E-state index contributed by atoms with van der Waals surface area (Å²) in [5.74, 6) is -0.706. The molecule has 1 aliphatic heterocycles. The number of amides is 1. The van der Waals surface area contributed by atoms with Crippen LogP contribution in [0.5, 0.6) is 0 Å². The van der Waals surface area contributed by atoms with Crippen LogP contribution in [0.2, 0.25) is 0 Å². The molecule has 1 amide bonds. The Morgan fingerprint density at radius 3 is 1.07 bits per heavy atom. The lowest BCUT2D eigenvalue weighted by molar-refractivity contribution is -0.303. The van der Waals surface area contributed by atoms with E-state index in [1.54, 1.807) is 0 Å². The van der Waals surface area contributed by atoms with Gasteiger partial charge >= 0.3 is 0 Å². The second-order valence-electron chi connectivity index (χ2n) is 25.3. The first kappa shape index (κ1) is 79.3. The van der Waals surface area contributed by atoms with Gasteiger partial charge in [-0.1, -0.05) is 307 Å². The quantitative estimate of drug-likeness (QED) is 0.0215. The van der Waals surface area contributed by atoms with Crippen LogP contribution in [0.3, 0.4) is 0 Å². The number of carbonyl (C=O) groups is 1. The number of ether oxygens (including phenoxy) is 2. The standard InChI is InChI=1S/C72H137NO10/c1-3-5-7-9-11-13-15-17-19-21-23-25-27-29-31-33-35-37-39-41-43-45-47-49-51-53-55-57-59-64(75)67(77)63(62-82-72-70(80)69(79)68(78)66(61-74)83-72)73-71(81)65(76)60-58-56-54-52-50-48-46-44-42-40-38-36-34-32-30-28-26-24-22-20-18-16-14-12-10-8-6-4-2/h30,32,43,45,51,53,63-70,72,74-80H,3-29,31,33-42,44,46-50,52,54-62H2,1-2H3,(H,73,81)/b32-30-,45-43+,53-51+. The van der Waals surface area contributed by atoms with Gasteiger partial charge in [0, 0.05) is 0 Å². The molecular weight excluding hydrogens is 1040 g/mol. The molecule has 8 N–H and O–H groups in total. The first-order valence-corrected chi connectivity index (χ1v) is 35.9. The number of hydrogen-bond donors (Lipinski definition) is 8. The molecule has 0 saturated carbocycles. The number of unbranched alkanes of at least 4 members (excludes halogenated alkanes) is 45. The van der Waals surface area contributed by atoms with Gasteiger partial charge in [-0.15, -0.1) is 0 Å². The third-order valence-corrected chi connectivity index (χ3v) is 17.4. The summed E-state index contributed by atoms with van der Waals surface area (Å²) in [4.78, 5) is 13.3. The van der Waals surface area contributed by atoms with Crippen LogP contribution < -0.4 is 5.32 Å². The van der Waals surface area contributed by atoms with Crippen LogP contribution in [0.25, 0.3) is 0 Å².